The molecule has 3 rings (SSSR count). The molecule has 1 amide bonds. The minimum atomic E-state index is 0. The lowest BCUT2D eigenvalue weighted by Crippen LogP contribution is -2.40. The Labute approximate surface area is 162 Å². The van der Waals surface area contributed by atoms with E-state index in [4.69, 9.17) is 5.10 Å². The predicted octanol–water partition coefficient (Wildman–Crippen LogP) is 4.05. The molecule has 1 aromatic heterocycles. The lowest BCUT2D eigenvalue weighted by atomic mass is 9.92. The van der Waals surface area contributed by atoms with E-state index < -0.39 is 0 Å². The van der Waals surface area contributed by atoms with E-state index in [1.807, 2.05) is 22.9 Å². The first-order valence-corrected chi connectivity index (χ1v) is 9.15. The number of anilines is 1. The van der Waals surface area contributed by atoms with Crippen molar-refractivity contribution in [1.82, 2.24) is 15.1 Å². The van der Waals surface area contributed by atoms with Gasteiger partial charge in [-0.25, -0.2) is 4.68 Å². The van der Waals surface area contributed by atoms with Crippen LogP contribution >= 0.6 is 12.4 Å². The molecule has 2 heterocycles. The number of aromatic nitrogens is 2. The molecule has 0 spiro atoms. The Bertz CT molecular complexity index is 739. The van der Waals surface area contributed by atoms with Gasteiger partial charge in [0, 0.05) is 18.0 Å². The third-order valence-electron chi connectivity index (χ3n) is 4.84. The third kappa shape index (κ3) is 4.65. The molecule has 0 aliphatic carbocycles. The maximum Gasteiger partial charge on any atom is 0.228 e. The van der Waals surface area contributed by atoms with Crippen LogP contribution in [0.15, 0.2) is 30.3 Å². The normalized spacial score (nSPS) is 19.9. The summed E-state index contributed by atoms with van der Waals surface area (Å²) in [5.41, 5.74) is 3.15. The molecule has 1 saturated heterocycles. The summed E-state index contributed by atoms with van der Waals surface area (Å²) in [5, 5.41) is 11.2. The number of rotatable bonds is 4. The molecular weight excluding hydrogens is 348 g/mol. The second kappa shape index (κ2) is 8.69. The minimum absolute atomic E-state index is 0. The van der Waals surface area contributed by atoms with Crippen molar-refractivity contribution in [2.24, 2.45) is 5.92 Å². The van der Waals surface area contributed by atoms with Crippen LogP contribution in [0.5, 0.6) is 0 Å². The summed E-state index contributed by atoms with van der Waals surface area (Å²) in [6, 6.07) is 10.6. The van der Waals surface area contributed by atoms with Gasteiger partial charge in [0.05, 0.1) is 11.4 Å². The van der Waals surface area contributed by atoms with Crippen LogP contribution in [0.2, 0.25) is 0 Å². The van der Waals surface area contributed by atoms with Gasteiger partial charge in [-0.2, -0.15) is 5.10 Å². The van der Waals surface area contributed by atoms with Crippen LogP contribution in [-0.2, 0) is 4.79 Å². The van der Waals surface area contributed by atoms with E-state index in [0.29, 0.717) is 12.0 Å². The van der Waals surface area contributed by atoms with E-state index in [1.165, 1.54) is 5.56 Å². The van der Waals surface area contributed by atoms with E-state index in [9.17, 15) is 4.79 Å². The number of nitrogens with one attached hydrogen (secondary N) is 2. The van der Waals surface area contributed by atoms with Crippen LogP contribution in [-0.4, -0.2) is 28.3 Å². The van der Waals surface area contributed by atoms with Crippen molar-refractivity contribution < 1.29 is 4.79 Å². The highest BCUT2D eigenvalue weighted by molar-refractivity contribution is 5.92. The Morgan fingerprint density at radius 2 is 2.00 bits per heavy atom. The van der Waals surface area contributed by atoms with E-state index >= 15 is 0 Å². The molecule has 26 heavy (non-hydrogen) atoms. The zero-order valence-electron chi connectivity index (χ0n) is 16.0. The molecule has 2 N–H and O–H groups in total. The SMILES string of the molecule is Cc1ccc(-n2nc(C(C)C)cc2NC(=O)[C@H]2CCN[C@@H](C)C2)cc1.Cl. The maximum absolute atomic E-state index is 12.7. The molecule has 1 aliphatic heterocycles. The molecule has 6 heteroatoms. The molecule has 0 unspecified atom stereocenters. The third-order valence-corrected chi connectivity index (χ3v) is 4.84. The Morgan fingerprint density at radius 3 is 2.62 bits per heavy atom. The van der Waals surface area contributed by atoms with E-state index in [-0.39, 0.29) is 24.2 Å². The van der Waals surface area contributed by atoms with E-state index in [2.05, 4.69) is 50.5 Å². The molecule has 2 aromatic rings. The lowest BCUT2D eigenvalue weighted by Gasteiger charge is -2.27. The zero-order chi connectivity index (χ0) is 18.0. The number of halogens is 1. The lowest BCUT2D eigenvalue weighted by molar-refractivity contribution is -0.120. The fourth-order valence-corrected chi connectivity index (χ4v) is 3.25. The Morgan fingerprint density at radius 1 is 1.31 bits per heavy atom. The van der Waals surface area contributed by atoms with Gasteiger partial charge in [0.15, 0.2) is 0 Å². The molecule has 0 bridgehead atoms. The van der Waals surface area contributed by atoms with Gasteiger partial charge in [0.25, 0.3) is 0 Å². The van der Waals surface area contributed by atoms with E-state index in [0.717, 1.165) is 36.6 Å². The number of carbonyl (C=O) groups excluding carboxylic acids is 1. The number of aryl methyl sites for hydroxylation is 1. The molecule has 1 aromatic carbocycles. The minimum Gasteiger partial charge on any atom is -0.314 e. The van der Waals surface area contributed by atoms with Crippen LogP contribution in [0.1, 0.15) is 50.8 Å². The summed E-state index contributed by atoms with van der Waals surface area (Å²) in [7, 11) is 0. The van der Waals surface area contributed by atoms with Crippen molar-refractivity contribution in [1.29, 1.82) is 0 Å². The van der Waals surface area contributed by atoms with Crippen molar-refractivity contribution >= 4 is 24.1 Å². The Balaban J connectivity index is 0.00000243. The van der Waals surface area contributed by atoms with Crippen molar-refractivity contribution in [3.63, 3.8) is 0 Å². The van der Waals surface area contributed by atoms with Gasteiger partial charge >= 0.3 is 0 Å². The predicted molar refractivity (Wildman–Crippen MR) is 108 cm³/mol. The first kappa shape index (κ1) is 20.5. The summed E-state index contributed by atoms with van der Waals surface area (Å²) in [4.78, 5) is 12.7. The van der Waals surface area contributed by atoms with E-state index in [1.54, 1.807) is 0 Å². The van der Waals surface area contributed by atoms with Crippen LogP contribution in [0.3, 0.4) is 0 Å². The van der Waals surface area contributed by atoms with Crippen LogP contribution in [0.25, 0.3) is 5.69 Å². The largest absolute Gasteiger partial charge is 0.314 e. The molecule has 1 fully saturated rings. The maximum atomic E-state index is 12.7. The fraction of sp³-hybridized carbons (Fsp3) is 0.500. The van der Waals surface area contributed by atoms with Gasteiger partial charge in [0.2, 0.25) is 5.91 Å². The fourth-order valence-electron chi connectivity index (χ4n) is 3.25. The number of piperidine rings is 1. The first-order valence-electron chi connectivity index (χ1n) is 9.15. The van der Waals surface area contributed by atoms with Crippen molar-refractivity contribution in [3.05, 3.63) is 41.6 Å². The Kier molecular flexibility index (Phi) is 6.84. The van der Waals surface area contributed by atoms with Crippen molar-refractivity contribution in [3.8, 4) is 5.69 Å². The van der Waals surface area contributed by atoms with Gasteiger partial charge in [-0.1, -0.05) is 31.5 Å². The molecule has 5 nitrogen and oxygen atoms in total. The average Bonchev–Trinajstić information content (AvgIpc) is 2.99. The van der Waals surface area contributed by atoms with Crippen molar-refractivity contribution in [2.45, 2.75) is 52.5 Å². The molecule has 142 valence electrons. The van der Waals surface area contributed by atoms with Crippen LogP contribution in [0, 0.1) is 12.8 Å². The smallest absolute Gasteiger partial charge is 0.228 e. The number of benzene rings is 1. The number of hydrogen-bond acceptors (Lipinski definition) is 3. The summed E-state index contributed by atoms with van der Waals surface area (Å²) in [6.45, 7) is 9.32. The van der Waals surface area contributed by atoms with Gasteiger partial charge in [-0.15, -0.1) is 12.4 Å². The summed E-state index contributed by atoms with van der Waals surface area (Å²) < 4.78 is 1.84. The number of nitrogens with zero attached hydrogens (tertiary/aromatic N) is 2. The molecule has 0 radical (unpaired) electrons. The number of amides is 1. The highest BCUT2D eigenvalue weighted by atomic mass is 35.5. The highest BCUT2D eigenvalue weighted by Gasteiger charge is 2.26. The van der Waals surface area contributed by atoms with Gasteiger partial charge in [-0.05, 0) is 51.3 Å². The highest BCUT2D eigenvalue weighted by Crippen LogP contribution is 2.24. The molecule has 2 atom stereocenters. The van der Waals surface area contributed by atoms with Gasteiger partial charge in [0.1, 0.15) is 5.82 Å². The zero-order valence-corrected chi connectivity index (χ0v) is 16.8. The molecule has 0 saturated carbocycles. The van der Waals surface area contributed by atoms with Crippen LogP contribution < -0.4 is 10.6 Å². The first-order chi connectivity index (χ1) is 11.9. The van der Waals surface area contributed by atoms with Crippen molar-refractivity contribution in [2.75, 3.05) is 11.9 Å². The Hall–Kier alpha value is -1.85. The van der Waals surface area contributed by atoms with Gasteiger partial charge < -0.3 is 10.6 Å². The quantitative estimate of drug-likeness (QED) is 0.846. The second-order valence-electron chi connectivity index (χ2n) is 7.42. The second-order valence-corrected chi connectivity index (χ2v) is 7.42. The summed E-state index contributed by atoms with van der Waals surface area (Å²) >= 11 is 0. The standard InChI is InChI=1S/C20H28N4O.ClH/c1-13(2)18-12-19(22-20(25)16-9-10-21-15(4)11-16)24(23-18)17-7-5-14(3)6-8-17;/h5-8,12-13,15-16,21H,9-11H2,1-4H3,(H,22,25);1H/t15-,16-;/m0./s1. The average molecular weight is 377 g/mol. The topological polar surface area (TPSA) is 59.0 Å². The monoisotopic (exact) mass is 376 g/mol. The molecule has 1 aliphatic rings. The summed E-state index contributed by atoms with van der Waals surface area (Å²) in [6.07, 6.45) is 1.76. The molecular formula is C20H29ClN4O. The summed E-state index contributed by atoms with van der Waals surface area (Å²) in [5.74, 6) is 1.21. The number of carbonyl (C=O) groups is 1. The van der Waals surface area contributed by atoms with Gasteiger partial charge in [-0.3, -0.25) is 4.79 Å². The van der Waals surface area contributed by atoms with Crippen LogP contribution in [0.4, 0.5) is 5.82 Å². The number of hydrogen-bond donors (Lipinski definition) is 2.